The number of para-hydroxylation sites is 1. The first kappa shape index (κ1) is 13.4. The fraction of sp³-hybridized carbons (Fsp3) is 0.133. The van der Waals surface area contributed by atoms with Gasteiger partial charge >= 0.3 is 0 Å². The fourth-order valence-electron chi connectivity index (χ4n) is 1.55. The number of rotatable bonds is 5. The predicted molar refractivity (Wildman–Crippen MR) is 75.2 cm³/mol. The van der Waals surface area contributed by atoms with E-state index in [9.17, 15) is 4.79 Å². The van der Waals surface area contributed by atoms with Gasteiger partial charge in [-0.1, -0.05) is 48.0 Å². The molecule has 0 saturated heterocycles. The molecule has 0 radical (unpaired) electrons. The third kappa shape index (κ3) is 4.30. The molecule has 2 aromatic rings. The van der Waals surface area contributed by atoms with Gasteiger partial charge < -0.3 is 10.1 Å². The Hall–Kier alpha value is -2.00. The molecule has 0 aliphatic rings. The van der Waals surface area contributed by atoms with Crippen LogP contribution in [0.1, 0.15) is 5.56 Å². The lowest BCUT2D eigenvalue weighted by Crippen LogP contribution is -2.28. The maximum absolute atomic E-state index is 11.6. The molecule has 0 unspecified atom stereocenters. The van der Waals surface area contributed by atoms with Crippen molar-refractivity contribution >= 4 is 17.5 Å². The van der Waals surface area contributed by atoms with E-state index < -0.39 is 0 Å². The molecule has 0 spiro atoms. The third-order valence-electron chi connectivity index (χ3n) is 2.55. The minimum Gasteiger partial charge on any atom is -0.484 e. The van der Waals surface area contributed by atoms with Crippen LogP contribution in [0.4, 0.5) is 0 Å². The van der Waals surface area contributed by atoms with E-state index in [1.165, 1.54) is 0 Å². The molecule has 1 N–H and O–H groups in total. The molecule has 98 valence electrons. The van der Waals surface area contributed by atoms with Crippen molar-refractivity contribution in [1.82, 2.24) is 5.32 Å². The molecule has 0 bridgehead atoms. The van der Waals surface area contributed by atoms with E-state index in [1.807, 2.05) is 36.4 Å². The van der Waals surface area contributed by atoms with Crippen LogP contribution in [0.2, 0.25) is 5.02 Å². The zero-order valence-corrected chi connectivity index (χ0v) is 11.1. The molecule has 3 nitrogen and oxygen atoms in total. The predicted octanol–water partition coefficient (Wildman–Crippen LogP) is 3.04. The number of hydrogen-bond donors (Lipinski definition) is 1. The van der Waals surface area contributed by atoms with E-state index >= 15 is 0 Å². The monoisotopic (exact) mass is 275 g/mol. The van der Waals surface area contributed by atoms with Crippen LogP contribution in [0.15, 0.2) is 54.6 Å². The SMILES string of the molecule is O=C(COc1ccccc1)NCc1ccccc1Cl. The van der Waals surface area contributed by atoms with Gasteiger partial charge in [-0.25, -0.2) is 0 Å². The first-order valence-corrected chi connectivity index (χ1v) is 6.31. The highest BCUT2D eigenvalue weighted by molar-refractivity contribution is 6.31. The van der Waals surface area contributed by atoms with Gasteiger partial charge in [-0.2, -0.15) is 0 Å². The summed E-state index contributed by atoms with van der Waals surface area (Å²) in [6.45, 7) is 0.394. The molecule has 0 aliphatic heterocycles. The minimum absolute atomic E-state index is 0.00549. The van der Waals surface area contributed by atoms with Crippen molar-refractivity contribution in [3.8, 4) is 5.75 Å². The molecule has 19 heavy (non-hydrogen) atoms. The number of nitrogens with one attached hydrogen (secondary N) is 1. The van der Waals surface area contributed by atoms with Gasteiger partial charge in [-0.15, -0.1) is 0 Å². The molecular formula is C15H14ClNO2. The van der Waals surface area contributed by atoms with E-state index in [0.717, 1.165) is 5.56 Å². The lowest BCUT2D eigenvalue weighted by Gasteiger charge is -2.08. The summed E-state index contributed by atoms with van der Waals surface area (Å²) in [5, 5.41) is 3.41. The van der Waals surface area contributed by atoms with Gasteiger partial charge in [0.1, 0.15) is 5.75 Å². The van der Waals surface area contributed by atoms with Crippen molar-refractivity contribution in [3.63, 3.8) is 0 Å². The highest BCUT2D eigenvalue weighted by Crippen LogP contribution is 2.14. The van der Waals surface area contributed by atoms with Gasteiger partial charge in [0, 0.05) is 11.6 Å². The molecule has 2 rings (SSSR count). The minimum atomic E-state index is -0.177. The molecular weight excluding hydrogens is 262 g/mol. The van der Waals surface area contributed by atoms with Crippen molar-refractivity contribution in [2.24, 2.45) is 0 Å². The Morgan fingerprint density at radius 1 is 1.05 bits per heavy atom. The third-order valence-corrected chi connectivity index (χ3v) is 2.92. The molecule has 0 saturated carbocycles. The maximum atomic E-state index is 11.6. The van der Waals surface area contributed by atoms with E-state index in [0.29, 0.717) is 17.3 Å². The summed E-state index contributed by atoms with van der Waals surface area (Å²) in [5.74, 6) is 0.499. The van der Waals surface area contributed by atoms with Crippen molar-refractivity contribution in [2.45, 2.75) is 6.54 Å². The number of amides is 1. The Morgan fingerprint density at radius 2 is 1.74 bits per heavy atom. The second-order valence-corrected chi connectivity index (χ2v) is 4.38. The van der Waals surface area contributed by atoms with Gasteiger partial charge in [0.2, 0.25) is 0 Å². The second-order valence-electron chi connectivity index (χ2n) is 3.97. The number of benzene rings is 2. The average molecular weight is 276 g/mol. The molecule has 0 atom stereocenters. The van der Waals surface area contributed by atoms with Gasteiger partial charge in [-0.3, -0.25) is 4.79 Å². The normalized spacial score (nSPS) is 9.95. The smallest absolute Gasteiger partial charge is 0.258 e. The molecule has 0 heterocycles. The lowest BCUT2D eigenvalue weighted by molar-refractivity contribution is -0.123. The summed E-state index contributed by atoms with van der Waals surface area (Å²) in [5.41, 5.74) is 0.886. The number of halogens is 1. The Labute approximate surface area is 117 Å². The van der Waals surface area contributed by atoms with Gasteiger partial charge in [0.15, 0.2) is 6.61 Å². The summed E-state index contributed by atoms with van der Waals surface area (Å²) in [6, 6.07) is 16.6. The van der Waals surface area contributed by atoms with Crippen molar-refractivity contribution in [1.29, 1.82) is 0 Å². The standard InChI is InChI=1S/C15H14ClNO2/c16-14-9-5-4-6-12(14)10-17-15(18)11-19-13-7-2-1-3-8-13/h1-9H,10-11H2,(H,17,18). The molecule has 1 amide bonds. The Morgan fingerprint density at radius 3 is 2.47 bits per heavy atom. The van der Waals surface area contributed by atoms with E-state index in [2.05, 4.69) is 5.32 Å². The van der Waals surface area contributed by atoms with Crippen LogP contribution in [0.25, 0.3) is 0 Å². The highest BCUT2D eigenvalue weighted by Gasteiger charge is 2.04. The summed E-state index contributed by atoms with van der Waals surface area (Å²) < 4.78 is 5.34. The first-order chi connectivity index (χ1) is 9.25. The van der Waals surface area contributed by atoms with Crippen LogP contribution in [-0.2, 0) is 11.3 Å². The maximum Gasteiger partial charge on any atom is 0.258 e. The van der Waals surface area contributed by atoms with Crippen LogP contribution in [0.5, 0.6) is 5.75 Å². The summed E-state index contributed by atoms with van der Waals surface area (Å²) in [7, 11) is 0. The van der Waals surface area contributed by atoms with Crippen LogP contribution < -0.4 is 10.1 Å². The molecule has 0 aromatic heterocycles. The van der Waals surface area contributed by atoms with Gasteiger partial charge in [0.25, 0.3) is 5.91 Å². The number of hydrogen-bond acceptors (Lipinski definition) is 2. The summed E-state index contributed by atoms with van der Waals surface area (Å²) in [6.07, 6.45) is 0. The number of ether oxygens (including phenoxy) is 1. The topological polar surface area (TPSA) is 38.3 Å². The number of carbonyl (C=O) groups excluding carboxylic acids is 1. The van der Waals surface area contributed by atoms with Crippen molar-refractivity contribution < 1.29 is 9.53 Å². The molecule has 0 aliphatic carbocycles. The van der Waals surface area contributed by atoms with Crippen LogP contribution in [0, 0.1) is 0 Å². The van der Waals surface area contributed by atoms with Crippen LogP contribution in [-0.4, -0.2) is 12.5 Å². The summed E-state index contributed by atoms with van der Waals surface area (Å²) in [4.78, 5) is 11.6. The van der Waals surface area contributed by atoms with Gasteiger partial charge in [0.05, 0.1) is 0 Å². The Balaban J connectivity index is 1.78. The van der Waals surface area contributed by atoms with E-state index in [4.69, 9.17) is 16.3 Å². The summed E-state index contributed by atoms with van der Waals surface area (Å²) >= 11 is 6.00. The lowest BCUT2D eigenvalue weighted by atomic mass is 10.2. The quantitative estimate of drug-likeness (QED) is 0.911. The zero-order valence-electron chi connectivity index (χ0n) is 10.3. The number of carbonyl (C=O) groups is 1. The first-order valence-electron chi connectivity index (χ1n) is 5.93. The molecule has 0 fully saturated rings. The second kappa shape index (κ2) is 6.81. The largest absolute Gasteiger partial charge is 0.484 e. The highest BCUT2D eigenvalue weighted by atomic mass is 35.5. The van der Waals surface area contributed by atoms with Crippen LogP contribution >= 0.6 is 11.6 Å². The molecule has 2 aromatic carbocycles. The van der Waals surface area contributed by atoms with E-state index in [-0.39, 0.29) is 12.5 Å². The Kier molecular flexibility index (Phi) is 4.81. The zero-order chi connectivity index (χ0) is 13.5. The fourth-order valence-corrected chi connectivity index (χ4v) is 1.75. The van der Waals surface area contributed by atoms with Crippen molar-refractivity contribution in [2.75, 3.05) is 6.61 Å². The van der Waals surface area contributed by atoms with E-state index in [1.54, 1.807) is 18.2 Å². The molecule has 4 heteroatoms. The Bertz CT molecular complexity index is 543. The van der Waals surface area contributed by atoms with Gasteiger partial charge in [-0.05, 0) is 23.8 Å². The average Bonchev–Trinajstić information content (AvgIpc) is 2.45. The van der Waals surface area contributed by atoms with Crippen molar-refractivity contribution in [3.05, 3.63) is 65.2 Å². The van der Waals surface area contributed by atoms with Crippen LogP contribution in [0.3, 0.4) is 0 Å².